The second-order valence-corrected chi connectivity index (χ2v) is 6.04. The van der Waals surface area contributed by atoms with Gasteiger partial charge in [-0.3, -0.25) is 10.1 Å². The van der Waals surface area contributed by atoms with Gasteiger partial charge >= 0.3 is 0 Å². The van der Waals surface area contributed by atoms with E-state index in [0.29, 0.717) is 26.0 Å². The van der Waals surface area contributed by atoms with Crippen molar-refractivity contribution in [2.24, 2.45) is 5.10 Å². The lowest BCUT2D eigenvalue weighted by molar-refractivity contribution is -0.385. The summed E-state index contributed by atoms with van der Waals surface area (Å²) in [4.78, 5) is 10.4. The Balaban J connectivity index is 1.93. The third-order valence-electron chi connectivity index (χ3n) is 2.84. The first kappa shape index (κ1) is 15.6. The molecule has 2 aromatic heterocycles. The average Bonchev–Trinajstić information content (AvgIpc) is 3.15. The Morgan fingerprint density at radius 2 is 1.87 bits per heavy atom. The molecule has 8 nitrogen and oxygen atoms in total. The minimum Gasteiger partial charge on any atom is -0.455 e. The number of nitro groups is 1. The van der Waals surface area contributed by atoms with Crippen LogP contribution in [-0.4, -0.2) is 26.0 Å². The second-order valence-electron chi connectivity index (χ2n) is 4.33. The predicted molar refractivity (Wildman–Crippen MR) is 89.2 cm³/mol. The van der Waals surface area contributed by atoms with Crippen molar-refractivity contribution in [3.05, 3.63) is 61.7 Å². The van der Waals surface area contributed by atoms with Crippen LogP contribution in [0, 0.1) is 10.1 Å². The number of hydrogen-bond acceptors (Lipinski definition) is 6. The summed E-state index contributed by atoms with van der Waals surface area (Å²) >= 11 is 6.67. The van der Waals surface area contributed by atoms with Gasteiger partial charge in [0.2, 0.25) is 0 Å². The highest BCUT2D eigenvalue weighted by Crippen LogP contribution is 2.38. The SMILES string of the molecule is O=[N+]([O-])c1cc(Br)c(-c2ccc(C=Nn3cnnc3)o2)c(Br)c1. The minimum absolute atomic E-state index is 0.0200. The third-order valence-corrected chi connectivity index (χ3v) is 4.09. The van der Waals surface area contributed by atoms with Crippen LogP contribution < -0.4 is 0 Å². The number of non-ortho nitro benzene ring substituents is 1. The van der Waals surface area contributed by atoms with Gasteiger partial charge in [0.25, 0.3) is 5.69 Å². The van der Waals surface area contributed by atoms with Crippen LogP contribution in [-0.2, 0) is 0 Å². The second kappa shape index (κ2) is 6.42. The van der Waals surface area contributed by atoms with Crippen LogP contribution in [0.3, 0.4) is 0 Å². The van der Waals surface area contributed by atoms with Gasteiger partial charge in [0, 0.05) is 26.6 Å². The Bertz CT molecular complexity index is 866. The zero-order chi connectivity index (χ0) is 16.4. The van der Waals surface area contributed by atoms with Gasteiger partial charge < -0.3 is 4.42 Å². The van der Waals surface area contributed by atoms with Crippen LogP contribution in [0.1, 0.15) is 5.76 Å². The van der Waals surface area contributed by atoms with Gasteiger partial charge in [-0.25, -0.2) is 4.68 Å². The number of halogens is 2. The maximum absolute atomic E-state index is 10.9. The molecule has 0 aliphatic heterocycles. The molecule has 0 saturated heterocycles. The highest BCUT2D eigenvalue weighted by atomic mass is 79.9. The number of furan rings is 1. The van der Waals surface area contributed by atoms with E-state index in [1.165, 1.54) is 35.7 Å². The summed E-state index contributed by atoms with van der Waals surface area (Å²) < 4.78 is 8.23. The quantitative estimate of drug-likeness (QED) is 0.348. The zero-order valence-corrected chi connectivity index (χ0v) is 14.4. The van der Waals surface area contributed by atoms with Gasteiger partial charge in [-0.1, -0.05) is 0 Å². The molecule has 0 aliphatic rings. The van der Waals surface area contributed by atoms with Gasteiger partial charge in [0.15, 0.2) is 0 Å². The van der Waals surface area contributed by atoms with Gasteiger partial charge in [-0.05, 0) is 44.0 Å². The molecule has 0 unspecified atom stereocenters. The van der Waals surface area contributed by atoms with Gasteiger partial charge in [0.05, 0.1) is 11.1 Å². The molecule has 0 bridgehead atoms. The molecule has 3 aromatic rings. The summed E-state index contributed by atoms with van der Waals surface area (Å²) in [5.74, 6) is 1.06. The Morgan fingerprint density at radius 3 is 2.48 bits per heavy atom. The molecule has 23 heavy (non-hydrogen) atoms. The Hall–Kier alpha value is -2.33. The summed E-state index contributed by atoms with van der Waals surface area (Å²) in [6.45, 7) is 0. The summed E-state index contributed by atoms with van der Waals surface area (Å²) in [6, 6.07) is 6.34. The van der Waals surface area contributed by atoms with E-state index in [0.717, 1.165) is 0 Å². The van der Waals surface area contributed by atoms with Crippen molar-refractivity contribution in [1.29, 1.82) is 0 Å². The van der Waals surface area contributed by atoms with E-state index in [-0.39, 0.29) is 5.69 Å². The lowest BCUT2D eigenvalue weighted by Gasteiger charge is -2.04. The minimum atomic E-state index is -0.460. The molecular formula is C13H7Br2N5O3. The average molecular weight is 441 g/mol. The molecule has 0 spiro atoms. The van der Waals surface area contributed by atoms with Crippen LogP contribution in [0.4, 0.5) is 5.69 Å². The van der Waals surface area contributed by atoms with Crippen LogP contribution >= 0.6 is 31.9 Å². The number of nitro benzene ring substituents is 1. The van der Waals surface area contributed by atoms with E-state index in [1.54, 1.807) is 12.1 Å². The van der Waals surface area contributed by atoms with Crippen LogP contribution in [0.2, 0.25) is 0 Å². The molecule has 0 saturated carbocycles. The lowest BCUT2D eigenvalue weighted by Crippen LogP contribution is -1.90. The molecule has 0 amide bonds. The number of hydrogen-bond donors (Lipinski definition) is 0. The van der Waals surface area contributed by atoms with Crippen molar-refractivity contribution in [2.45, 2.75) is 0 Å². The number of aromatic nitrogens is 3. The summed E-state index contributed by atoms with van der Waals surface area (Å²) in [5, 5.41) is 22.2. The molecule has 1 aromatic carbocycles. The van der Waals surface area contributed by atoms with Crippen LogP contribution in [0.5, 0.6) is 0 Å². The van der Waals surface area contributed by atoms with Gasteiger partial charge in [0.1, 0.15) is 24.2 Å². The molecule has 0 fully saturated rings. The number of rotatable bonds is 4. The van der Waals surface area contributed by atoms with Crippen LogP contribution in [0.25, 0.3) is 11.3 Å². The van der Waals surface area contributed by atoms with Crippen molar-refractivity contribution in [2.75, 3.05) is 0 Å². The molecule has 0 atom stereocenters. The number of nitrogens with zero attached hydrogens (tertiary/aromatic N) is 5. The fraction of sp³-hybridized carbons (Fsp3) is 0. The molecule has 10 heteroatoms. The fourth-order valence-electron chi connectivity index (χ4n) is 1.84. The third kappa shape index (κ3) is 3.37. The molecule has 0 radical (unpaired) electrons. The normalized spacial score (nSPS) is 11.2. The Kier molecular flexibility index (Phi) is 4.35. The maximum Gasteiger partial charge on any atom is 0.271 e. The maximum atomic E-state index is 10.9. The summed E-state index contributed by atoms with van der Waals surface area (Å²) in [5.41, 5.74) is 0.660. The van der Waals surface area contributed by atoms with Gasteiger partial charge in [-0.15, -0.1) is 10.2 Å². The van der Waals surface area contributed by atoms with Crippen molar-refractivity contribution in [3.63, 3.8) is 0 Å². The molecule has 3 rings (SSSR count). The first-order chi connectivity index (χ1) is 11.0. The monoisotopic (exact) mass is 439 g/mol. The van der Waals surface area contributed by atoms with Crippen LogP contribution in [0.15, 0.2) is 55.4 Å². The molecule has 0 N–H and O–H groups in total. The fourth-order valence-corrected chi connectivity index (χ4v) is 3.39. The lowest BCUT2D eigenvalue weighted by atomic mass is 10.1. The highest BCUT2D eigenvalue weighted by molar-refractivity contribution is 9.11. The first-order valence-electron chi connectivity index (χ1n) is 6.17. The molecule has 0 aliphatic carbocycles. The smallest absolute Gasteiger partial charge is 0.271 e. The van der Waals surface area contributed by atoms with E-state index in [9.17, 15) is 10.1 Å². The Labute approximate surface area is 146 Å². The molecule has 116 valence electrons. The van der Waals surface area contributed by atoms with E-state index in [2.05, 4.69) is 47.2 Å². The van der Waals surface area contributed by atoms with E-state index in [4.69, 9.17) is 4.42 Å². The predicted octanol–water partition coefficient (Wildman–Crippen LogP) is 3.85. The zero-order valence-electron chi connectivity index (χ0n) is 11.3. The highest BCUT2D eigenvalue weighted by Gasteiger charge is 2.17. The standard InChI is InChI=1S/C13H7Br2N5O3/c14-10-3-8(20(21)22)4-11(15)13(10)12-2-1-9(23-12)5-18-19-6-16-17-7-19/h1-7H. The summed E-state index contributed by atoms with van der Waals surface area (Å²) in [6.07, 6.45) is 4.41. The van der Waals surface area contributed by atoms with Crippen molar-refractivity contribution in [1.82, 2.24) is 14.9 Å². The Morgan fingerprint density at radius 1 is 1.22 bits per heavy atom. The first-order valence-corrected chi connectivity index (χ1v) is 7.76. The topological polar surface area (TPSA) is 99.3 Å². The van der Waals surface area contributed by atoms with Crippen molar-refractivity contribution in [3.8, 4) is 11.3 Å². The van der Waals surface area contributed by atoms with Crippen molar-refractivity contribution < 1.29 is 9.34 Å². The van der Waals surface area contributed by atoms with E-state index >= 15 is 0 Å². The van der Waals surface area contributed by atoms with Gasteiger partial charge in [-0.2, -0.15) is 5.10 Å². The number of benzene rings is 1. The van der Waals surface area contributed by atoms with E-state index < -0.39 is 4.92 Å². The van der Waals surface area contributed by atoms with Crippen molar-refractivity contribution >= 4 is 43.8 Å². The molecular weight excluding hydrogens is 434 g/mol. The summed E-state index contributed by atoms with van der Waals surface area (Å²) in [7, 11) is 0. The molecule has 2 heterocycles. The van der Waals surface area contributed by atoms with E-state index in [1.807, 2.05) is 0 Å². The largest absolute Gasteiger partial charge is 0.455 e.